The van der Waals surface area contributed by atoms with Crippen molar-refractivity contribution < 1.29 is 20.9 Å². The molecule has 3 nitrogen and oxygen atoms in total. The monoisotopic (exact) mass is 462 g/mol. The van der Waals surface area contributed by atoms with E-state index in [1.54, 1.807) is 45.0 Å². The zero-order chi connectivity index (χ0) is 34.7. The van der Waals surface area contributed by atoms with Gasteiger partial charge in [0.1, 0.15) is 5.58 Å². The Kier molecular flexibility index (Phi) is 3.71. The molecule has 0 unspecified atom stereocenters. The van der Waals surface area contributed by atoms with Crippen LogP contribution >= 0.6 is 0 Å². The topological polar surface area (TPSA) is 38.9 Å². The van der Waals surface area contributed by atoms with Crippen molar-refractivity contribution in [3.8, 4) is 11.3 Å². The summed E-state index contributed by atoms with van der Waals surface area (Å²) in [5.41, 5.74) is -0.989. The lowest BCUT2D eigenvalue weighted by Gasteiger charge is -2.18. The number of fused-ring (bicyclic) bond motifs is 3. The van der Waals surface area contributed by atoms with Crippen LogP contribution in [0.3, 0.4) is 0 Å². The van der Waals surface area contributed by atoms with Crippen LogP contribution in [-0.4, -0.2) is 9.97 Å². The number of allylic oxidation sites excluding steroid dienone is 5. The molecule has 34 heavy (non-hydrogen) atoms. The Balaban J connectivity index is 1.87. The predicted molar refractivity (Wildman–Crippen MR) is 144 cm³/mol. The van der Waals surface area contributed by atoms with Crippen LogP contribution in [0, 0.1) is 19.1 Å². The van der Waals surface area contributed by atoms with Gasteiger partial charge in [-0.1, -0.05) is 63.8 Å². The fourth-order valence-electron chi connectivity index (χ4n) is 3.50. The van der Waals surface area contributed by atoms with Crippen LogP contribution in [0.25, 0.3) is 33.3 Å². The number of hydrogen-bond donors (Lipinski definition) is 0. The molecule has 0 radical (unpaired) electrons. The fraction of sp³-hybridized carbons (Fsp3) is 0.290. The van der Waals surface area contributed by atoms with Crippen molar-refractivity contribution in [2.75, 3.05) is 0 Å². The van der Waals surface area contributed by atoms with E-state index in [0.29, 0.717) is 16.3 Å². The summed E-state index contributed by atoms with van der Waals surface area (Å²) in [7, 11) is 0. The highest BCUT2D eigenvalue weighted by Gasteiger charge is 2.15. The lowest BCUT2D eigenvalue weighted by atomic mass is 9.88. The summed E-state index contributed by atoms with van der Waals surface area (Å²) in [5, 5.41) is 1.10. The third kappa shape index (κ3) is 5.36. The van der Waals surface area contributed by atoms with Gasteiger partial charge in [0.2, 0.25) is 5.71 Å². The number of furan rings is 1. The highest BCUT2D eigenvalue weighted by atomic mass is 16.3. The number of aromatic nitrogens is 2. The molecule has 174 valence electrons. The molecule has 3 heteroatoms. The first-order chi connectivity index (χ1) is 20.9. The summed E-state index contributed by atoms with van der Waals surface area (Å²) in [6, 6.07) is 9.17. The number of aryl methyl sites for hydroxylation is 3. The Labute approximate surface area is 219 Å². The molecule has 1 aromatic carbocycles. The minimum Gasteiger partial charge on any atom is -0.437 e. The summed E-state index contributed by atoms with van der Waals surface area (Å²) in [5.74, 6) is 0. The van der Waals surface area contributed by atoms with Gasteiger partial charge in [-0.05, 0) is 79.2 Å². The molecule has 0 N–H and O–H groups in total. The first-order valence-electron chi connectivity index (χ1n) is 16.8. The molecule has 0 atom stereocenters. The van der Waals surface area contributed by atoms with Gasteiger partial charge in [-0.2, -0.15) is 0 Å². The summed E-state index contributed by atoms with van der Waals surface area (Å²) >= 11 is 0. The van der Waals surface area contributed by atoms with Crippen LogP contribution in [0.4, 0.5) is 0 Å². The van der Waals surface area contributed by atoms with Crippen LogP contribution in [-0.2, 0) is 6.37 Å². The third-order valence-corrected chi connectivity index (χ3v) is 4.95. The lowest BCUT2D eigenvalue weighted by molar-refractivity contribution is 0.413. The van der Waals surface area contributed by atoms with Gasteiger partial charge in [0.15, 0.2) is 0 Å². The van der Waals surface area contributed by atoms with Crippen LogP contribution in [0.5, 0.6) is 0 Å². The Morgan fingerprint density at radius 2 is 2.06 bits per heavy atom. The molecule has 3 aromatic heterocycles. The van der Waals surface area contributed by atoms with Crippen molar-refractivity contribution in [1.29, 1.82) is 0 Å². The average molecular weight is 463 g/mol. The smallest absolute Gasteiger partial charge is 0.227 e. The van der Waals surface area contributed by atoms with E-state index < -0.39 is 49.4 Å². The Hall–Kier alpha value is -3.46. The van der Waals surface area contributed by atoms with Gasteiger partial charge in [0, 0.05) is 44.7 Å². The van der Waals surface area contributed by atoms with Crippen LogP contribution in [0.15, 0.2) is 83.5 Å². The van der Waals surface area contributed by atoms with Gasteiger partial charge in [-0.3, -0.25) is 4.98 Å². The summed E-state index contributed by atoms with van der Waals surface area (Å²) in [6.07, 6.45) is -1.76. The average Bonchev–Trinajstić information content (AvgIpc) is 3.31. The molecular formula is C31H34N2O. The van der Waals surface area contributed by atoms with Crippen LogP contribution in [0.2, 0.25) is 0 Å². The zero-order valence-corrected chi connectivity index (χ0v) is 19.4. The van der Waals surface area contributed by atoms with E-state index in [9.17, 15) is 0 Å². The maximum atomic E-state index is 8.90. The van der Waals surface area contributed by atoms with E-state index in [4.69, 9.17) is 20.9 Å². The van der Waals surface area contributed by atoms with Crippen molar-refractivity contribution in [3.63, 3.8) is 0 Å². The Bertz CT molecular complexity index is 1860. The van der Waals surface area contributed by atoms with Crippen molar-refractivity contribution >= 4 is 22.1 Å². The van der Waals surface area contributed by atoms with E-state index in [1.807, 2.05) is 0 Å². The summed E-state index contributed by atoms with van der Waals surface area (Å²) in [4.78, 5) is 8.45. The number of pyridine rings is 2. The molecule has 0 saturated heterocycles. The molecular weight excluding hydrogens is 416 g/mol. The molecule has 4 aromatic rings. The normalized spacial score (nSPS) is 20.0. The molecule has 0 aliphatic heterocycles. The Morgan fingerprint density at radius 3 is 2.82 bits per heavy atom. The van der Waals surface area contributed by atoms with Gasteiger partial charge in [-0.25, -0.2) is 4.98 Å². The van der Waals surface area contributed by atoms with Gasteiger partial charge in [0.05, 0.1) is 5.69 Å². The van der Waals surface area contributed by atoms with Crippen LogP contribution in [0.1, 0.15) is 66.8 Å². The fourth-order valence-corrected chi connectivity index (χ4v) is 3.50. The van der Waals surface area contributed by atoms with Crippen molar-refractivity contribution in [3.05, 3.63) is 95.9 Å². The molecule has 4 rings (SSSR count). The molecule has 3 heterocycles. The van der Waals surface area contributed by atoms with E-state index in [0.717, 1.165) is 12.3 Å². The first-order valence-corrected chi connectivity index (χ1v) is 10.8. The standard InChI is InChI=1S/C31H34N2O/c1-7-23(19-31(4,5)6)12-9-8-10-13-24-18-28(32-20-21(24)2)27-15-11-14-25-26-17-16-22(3)33-30(26)34-29(25)27/h7-9,11-12,14-18,20H,1,10,13,19H2,2-6H3/b9-8+,23-12+/i2D3,3D3,10D2,13D2,19D2. The quantitative estimate of drug-likeness (QED) is 0.258. The first kappa shape index (κ1) is 12.9. The van der Waals surface area contributed by atoms with Gasteiger partial charge >= 0.3 is 0 Å². The van der Waals surface area contributed by atoms with Gasteiger partial charge < -0.3 is 4.42 Å². The maximum absolute atomic E-state index is 8.90. The van der Waals surface area contributed by atoms with E-state index in [-0.39, 0.29) is 28.3 Å². The van der Waals surface area contributed by atoms with E-state index in [2.05, 4.69) is 16.5 Å². The maximum Gasteiger partial charge on any atom is 0.227 e. The highest BCUT2D eigenvalue weighted by molar-refractivity contribution is 6.08. The SMILES string of the molecule is [2H]C([2H])([2H])c1ccc2c(n1)oc1c(-c3cc(C([2H])([2H])C([2H])([2H])/C=C/C=C(\C=C)C([2H])([2H])C(C)(C)C)c(C([2H])([2H])[2H])cn3)cccc12. The second kappa shape index (κ2) is 9.80. The van der Waals surface area contributed by atoms with Gasteiger partial charge in [-0.15, -0.1) is 0 Å². The number of para-hydroxylation sites is 1. The minimum atomic E-state index is -2.91. The second-order valence-electron chi connectivity index (χ2n) is 8.78. The molecule has 0 aliphatic carbocycles. The summed E-state index contributed by atoms with van der Waals surface area (Å²) < 4.78 is 105. The van der Waals surface area contributed by atoms with Gasteiger partial charge in [0.25, 0.3) is 0 Å². The predicted octanol–water partition coefficient (Wildman–Crippen LogP) is 8.70. The molecule has 0 fully saturated rings. The van der Waals surface area contributed by atoms with Crippen molar-refractivity contribution in [2.45, 2.75) is 53.6 Å². The second-order valence-corrected chi connectivity index (χ2v) is 8.78. The van der Waals surface area contributed by atoms with E-state index >= 15 is 0 Å². The van der Waals surface area contributed by atoms with Crippen molar-refractivity contribution in [1.82, 2.24) is 9.97 Å². The van der Waals surface area contributed by atoms with Crippen LogP contribution < -0.4 is 0 Å². The lowest BCUT2D eigenvalue weighted by Crippen LogP contribution is -2.05. The molecule has 0 aliphatic rings. The highest BCUT2D eigenvalue weighted by Crippen LogP contribution is 2.35. The number of nitrogens with zero attached hydrogens (tertiary/aromatic N) is 2. The number of rotatable bonds is 7. The number of benzene rings is 1. The minimum absolute atomic E-state index is 0.0648. The molecule has 0 saturated carbocycles. The van der Waals surface area contributed by atoms with E-state index in [1.165, 1.54) is 30.4 Å². The molecule has 0 spiro atoms. The van der Waals surface area contributed by atoms with Crippen molar-refractivity contribution in [2.24, 2.45) is 5.41 Å². The largest absolute Gasteiger partial charge is 0.437 e. The Morgan fingerprint density at radius 1 is 1.18 bits per heavy atom. The zero-order valence-electron chi connectivity index (χ0n) is 31.4. The summed E-state index contributed by atoms with van der Waals surface area (Å²) in [6.45, 7) is 3.49. The molecule has 0 bridgehead atoms. The third-order valence-electron chi connectivity index (χ3n) is 4.95. The number of hydrogen-bond acceptors (Lipinski definition) is 3. The molecule has 0 amide bonds.